The second kappa shape index (κ2) is 7.13. The van der Waals surface area contributed by atoms with Crippen LogP contribution in [0.25, 0.3) is 0 Å². The fraction of sp³-hybridized carbons (Fsp3) is 0.500. The lowest BCUT2D eigenvalue weighted by Crippen LogP contribution is -2.49. The Morgan fingerprint density at radius 3 is 2.42 bits per heavy atom. The van der Waals surface area contributed by atoms with Gasteiger partial charge in [-0.3, -0.25) is 9.69 Å². The van der Waals surface area contributed by atoms with Crippen LogP contribution in [0, 0.1) is 6.92 Å². The molecule has 1 aromatic carbocycles. The van der Waals surface area contributed by atoms with Crippen molar-refractivity contribution < 1.29 is 9.32 Å². The van der Waals surface area contributed by atoms with Gasteiger partial charge in [0.25, 0.3) is 5.91 Å². The van der Waals surface area contributed by atoms with Gasteiger partial charge >= 0.3 is 0 Å². The van der Waals surface area contributed by atoms with Gasteiger partial charge in [-0.2, -0.15) is 4.98 Å². The smallest absolute Gasteiger partial charge is 0.253 e. The summed E-state index contributed by atoms with van der Waals surface area (Å²) in [6.07, 6.45) is 0.986. The maximum absolute atomic E-state index is 12.6. The predicted octanol–water partition coefficient (Wildman–Crippen LogP) is 2.46. The van der Waals surface area contributed by atoms with E-state index in [-0.39, 0.29) is 11.9 Å². The van der Waals surface area contributed by atoms with Crippen molar-refractivity contribution in [1.82, 2.24) is 19.9 Å². The van der Waals surface area contributed by atoms with Crippen LogP contribution in [-0.4, -0.2) is 52.0 Å². The first-order chi connectivity index (χ1) is 11.6. The molecule has 1 saturated heterocycles. The van der Waals surface area contributed by atoms with Gasteiger partial charge in [-0.25, -0.2) is 0 Å². The van der Waals surface area contributed by atoms with Gasteiger partial charge < -0.3 is 9.42 Å². The molecule has 0 N–H and O–H groups in total. The zero-order chi connectivity index (χ0) is 17.1. The molecule has 6 heteroatoms. The number of benzene rings is 1. The molecule has 2 heterocycles. The monoisotopic (exact) mass is 328 g/mol. The molecule has 1 aliphatic heterocycles. The van der Waals surface area contributed by atoms with E-state index >= 15 is 0 Å². The van der Waals surface area contributed by atoms with E-state index in [9.17, 15) is 4.79 Å². The van der Waals surface area contributed by atoms with E-state index in [0.29, 0.717) is 24.8 Å². The van der Waals surface area contributed by atoms with Gasteiger partial charge in [-0.15, -0.1) is 0 Å². The number of aryl methyl sites for hydroxylation is 2. The molecule has 0 saturated carbocycles. The first-order valence-corrected chi connectivity index (χ1v) is 8.51. The summed E-state index contributed by atoms with van der Waals surface area (Å²) in [6.45, 7) is 9.04. The molecule has 1 aromatic heterocycles. The zero-order valence-corrected chi connectivity index (χ0v) is 14.5. The van der Waals surface area contributed by atoms with Crippen molar-refractivity contribution in [2.24, 2.45) is 0 Å². The minimum Gasteiger partial charge on any atom is -0.338 e. The molecular weight excluding hydrogens is 304 g/mol. The highest BCUT2D eigenvalue weighted by Gasteiger charge is 2.27. The Morgan fingerprint density at radius 2 is 1.88 bits per heavy atom. The Balaban J connectivity index is 1.58. The van der Waals surface area contributed by atoms with E-state index in [1.807, 2.05) is 36.1 Å². The third-order valence-electron chi connectivity index (χ3n) is 4.66. The molecule has 1 amide bonds. The Hall–Kier alpha value is -2.21. The Morgan fingerprint density at radius 1 is 1.21 bits per heavy atom. The van der Waals surface area contributed by atoms with Crippen molar-refractivity contribution in [2.45, 2.75) is 33.2 Å². The zero-order valence-electron chi connectivity index (χ0n) is 14.5. The summed E-state index contributed by atoms with van der Waals surface area (Å²) in [7, 11) is 0. The highest BCUT2D eigenvalue weighted by atomic mass is 16.5. The van der Waals surface area contributed by atoms with Crippen molar-refractivity contribution in [3.05, 3.63) is 47.1 Å². The fourth-order valence-electron chi connectivity index (χ4n) is 3.02. The minimum absolute atomic E-state index is 0.0762. The second-order valence-corrected chi connectivity index (χ2v) is 6.23. The largest absolute Gasteiger partial charge is 0.338 e. The summed E-state index contributed by atoms with van der Waals surface area (Å²) in [5.41, 5.74) is 2.02. The predicted molar refractivity (Wildman–Crippen MR) is 90.7 cm³/mol. The van der Waals surface area contributed by atoms with E-state index in [1.54, 1.807) is 0 Å². The van der Waals surface area contributed by atoms with Crippen LogP contribution in [0.5, 0.6) is 0 Å². The molecule has 6 nitrogen and oxygen atoms in total. The van der Waals surface area contributed by atoms with Crippen molar-refractivity contribution in [3.63, 3.8) is 0 Å². The molecular formula is C18H24N4O2. The highest BCUT2D eigenvalue weighted by molar-refractivity contribution is 5.94. The molecule has 0 unspecified atom stereocenters. The summed E-state index contributed by atoms with van der Waals surface area (Å²) in [6, 6.07) is 7.99. The summed E-state index contributed by atoms with van der Waals surface area (Å²) < 4.78 is 5.26. The number of rotatable bonds is 4. The van der Waals surface area contributed by atoms with Gasteiger partial charge in [0.2, 0.25) is 5.89 Å². The van der Waals surface area contributed by atoms with Crippen LogP contribution in [0.3, 0.4) is 0 Å². The lowest BCUT2D eigenvalue weighted by atomic mass is 10.1. The summed E-state index contributed by atoms with van der Waals surface area (Å²) in [5.74, 6) is 1.40. The normalized spacial score (nSPS) is 17.0. The SMILES string of the molecule is CCc1ccc(C(=O)N2CCN([C@@H](C)c3nc(C)no3)CC2)cc1. The second-order valence-electron chi connectivity index (χ2n) is 6.23. The van der Waals surface area contributed by atoms with E-state index in [2.05, 4.69) is 28.9 Å². The van der Waals surface area contributed by atoms with Crippen LogP contribution in [-0.2, 0) is 6.42 Å². The van der Waals surface area contributed by atoms with Crippen LogP contribution in [0.2, 0.25) is 0 Å². The third kappa shape index (κ3) is 3.48. The first kappa shape index (κ1) is 16.6. The van der Waals surface area contributed by atoms with Crippen molar-refractivity contribution in [1.29, 1.82) is 0 Å². The summed E-state index contributed by atoms with van der Waals surface area (Å²) in [4.78, 5) is 21.1. The number of nitrogens with zero attached hydrogens (tertiary/aromatic N) is 4. The van der Waals surface area contributed by atoms with Gasteiger partial charge in [0.15, 0.2) is 5.82 Å². The average molecular weight is 328 g/mol. The molecule has 0 spiro atoms. The molecule has 128 valence electrons. The number of amides is 1. The molecule has 1 atom stereocenters. The van der Waals surface area contributed by atoms with E-state index in [4.69, 9.17) is 4.52 Å². The van der Waals surface area contributed by atoms with Crippen LogP contribution < -0.4 is 0 Å². The number of aromatic nitrogens is 2. The van der Waals surface area contributed by atoms with Crippen molar-refractivity contribution in [3.8, 4) is 0 Å². The van der Waals surface area contributed by atoms with E-state index in [1.165, 1.54) is 5.56 Å². The van der Waals surface area contributed by atoms with Gasteiger partial charge in [0.1, 0.15) is 0 Å². The Bertz CT molecular complexity index is 687. The first-order valence-electron chi connectivity index (χ1n) is 8.51. The van der Waals surface area contributed by atoms with Crippen molar-refractivity contribution in [2.75, 3.05) is 26.2 Å². The standard InChI is InChI=1S/C18H24N4O2/c1-4-15-5-7-16(8-6-15)18(23)22-11-9-21(10-12-22)13(2)17-19-14(3)20-24-17/h5-8,13H,4,9-12H2,1-3H3/t13-/m0/s1. The number of carbonyl (C=O) groups excluding carboxylic acids is 1. The number of hydrogen-bond donors (Lipinski definition) is 0. The molecule has 1 aliphatic rings. The van der Waals surface area contributed by atoms with Crippen LogP contribution in [0.4, 0.5) is 0 Å². The molecule has 0 aliphatic carbocycles. The molecule has 24 heavy (non-hydrogen) atoms. The topological polar surface area (TPSA) is 62.5 Å². The quantitative estimate of drug-likeness (QED) is 0.863. The van der Waals surface area contributed by atoms with Gasteiger partial charge in [0.05, 0.1) is 6.04 Å². The lowest BCUT2D eigenvalue weighted by Gasteiger charge is -2.36. The average Bonchev–Trinajstić information content (AvgIpc) is 3.07. The molecule has 1 fully saturated rings. The van der Waals surface area contributed by atoms with Crippen LogP contribution >= 0.6 is 0 Å². The number of carbonyl (C=O) groups is 1. The molecule has 0 bridgehead atoms. The molecule has 0 radical (unpaired) electrons. The maximum atomic E-state index is 12.6. The Kier molecular flexibility index (Phi) is 4.94. The van der Waals surface area contributed by atoms with Gasteiger partial charge in [-0.05, 0) is 38.0 Å². The third-order valence-corrected chi connectivity index (χ3v) is 4.66. The molecule has 2 aromatic rings. The highest BCUT2D eigenvalue weighted by Crippen LogP contribution is 2.20. The maximum Gasteiger partial charge on any atom is 0.253 e. The Labute approximate surface area is 142 Å². The van der Waals surface area contributed by atoms with Crippen molar-refractivity contribution >= 4 is 5.91 Å². The van der Waals surface area contributed by atoms with E-state index in [0.717, 1.165) is 25.1 Å². The lowest BCUT2D eigenvalue weighted by molar-refractivity contribution is 0.0551. The van der Waals surface area contributed by atoms with E-state index < -0.39 is 0 Å². The van der Waals surface area contributed by atoms with Crippen LogP contribution in [0.1, 0.15) is 47.5 Å². The number of hydrogen-bond acceptors (Lipinski definition) is 5. The van der Waals surface area contributed by atoms with Crippen LogP contribution in [0.15, 0.2) is 28.8 Å². The van der Waals surface area contributed by atoms with Gasteiger partial charge in [-0.1, -0.05) is 24.2 Å². The van der Waals surface area contributed by atoms with Gasteiger partial charge in [0, 0.05) is 31.7 Å². The number of piperazine rings is 1. The minimum atomic E-state index is 0.0762. The summed E-state index contributed by atoms with van der Waals surface area (Å²) >= 11 is 0. The fourth-order valence-corrected chi connectivity index (χ4v) is 3.02. The summed E-state index contributed by atoms with van der Waals surface area (Å²) in [5, 5.41) is 3.85. The molecule has 3 rings (SSSR count).